The Morgan fingerprint density at radius 2 is 1.82 bits per heavy atom. The Hall–Kier alpha value is -1.57. The summed E-state index contributed by atoms with van der Waals surface area (Å²) in [6, 6.07) is 6.66. The molecule has 0 aliphatic rings. The number of benzene rings is 1. The number of aryl methyl sites for hydroxylation is 2. The fourth-order valence-corrected chi connectivity index (χ4v) is 1.99. The molecule has 1 heterocycles. The van der Waals surface area contributed by atoms with E-state index in [1.165, 1.54) is 16.7 Å². The van der Waals surface area contributed by atoms with E-state index in [9.17, 15) is 0 Å². The molecule has 2 rings (SSSR count). The topological polar surface area (TPSA) is 28.7 Å². The molecule has 90 valence electrons. The quantitative estimate of drug-likeness (QED) is 0.785. The summed E-state index contributed by atoms with van der Waals surface area (Å²) in [5, 5.41) is 0. The molecular weight excluding hydrogens is 208 g/mol. The summed E-state index contributed by atoms with van der Waals surface area (Å²) in [6.07, 6.45) is 1.90. The van der Waals surface area contributed by atoms with Crippen molar-refractivity contribution >= 4 is 0 Å². The van der Waals surface area contributed by atoms with E-state index in [1.54, 1.807) is 0 Å². The summed E-state index contributed by atoms with van der Waals surface area (Å²) in [4.78, 5) is 7.53. The van der Waals surface area contributed by atoms with E-state index in [0.29, 0.717) is 0 Å². The fourth-order valence-electron chi connectivity index (χ4n) is 1.99. The largest absolute Gasteiger partial charge is 0.342 e. The van der Waals surface area contributed by atoms with E-state index in [4.69, 9.17) is 0 Å². The Balaban J connectivity index is 2.45. The van der Waals surface area contributed by atoms with Crippen molar-refractivity contribution in [2.45, 2.75) is 40.0 Å². The third-order valence-electron chi connectivity index (χ3n) is 3.09. The van der Waals surface area contributed by atoms with Gasteiger partial charge in [0.15, 0.2) is 0 Å². The van der Waals surface area contributed by atoms with E-state index < -0.39 is 0 Å². The van der Waals surface area contributed by atoms with Gasteiger partial charge in [-0.25, -0.2) is 4.98 Å². The zero-order valence-electron chi connectivity index (χ0n) is 11.3. The number of imidazole rings is 1. The highest BCUT2D eigenvalue weighted by Crippen LogP contribution is 2.28. The van der Waals surface area contributed by atoms with Crippen molar-refractivity contribution in [3.63, 3.8) is 0 Å². The van der Waals surface area contributed by atoms with Gasteiger partial charge < -0.3 is 4.98 Å². The van der Waals surface area contributed by atoms with Crippen LogP contribution in [0.15, 0.2) is 24.4 Å². The van der Waals surface area contributed by atoms with Gasteiger partial charge in [-0.15, -0.1) is 0 Å². The van der Waals surface area contributed by atoms with Crippen LogP contribution in [0.5, 0.6) is 0 Å². The van der Waals surface area contributed by atoms with E-state index in [2.05, 4.69) is 55.9 Å². The molecule has 1 N–H and O–H groups in total. The van der Waals surface area contributed by atoms with Crippen LogP contribution in [-0.4, -0.2) is 9.97 Å². The van der Waals surface area contributed by atoms with Gasteiger partial charge in [-0.2, -0.15) is 0 Å². The molecule has 2 aromatic rings. The van der Waals surface area contributed by atoms with Crippen LogP contribution in [0, 0.1) is 13.8 Å². The maximum absolute atomic E-state index is 4.25. The third-order valence-corrected chi connectivity index (χ3v) is 3.09. The molecule has 0 aliphatic heterocycles. The lowest BCUT2D eigenvalue weighted by Crippen LogP contribution is -2.11. The molecule has 0 unspecified atom stereocenters. The average Bonchev–Trinajstić information content (AvgIpc) is 2.63. The molecule has 0 radical (unpaired) electrons. The highest BCUT2D eigenvalue weighted by Gasteiger charge is 2.15. The van der Waals surface area contributed by atoms with Crippen LogP contribution in [0.3, 0.4) is 0 Å². The molecule has 2 nitrogen and oxygen atoms in total. The Kier molecular flexibility index (Phi) is 2.82. The van der Waals surface area contributed by atoms with Gasteiger partial charge in [0.25, 0.3) is 0 Å². The van der Waals surface area contributed by atoms with Gasteiger partial charge in [0, 0.05) is 5.56 Å². The number of nitrogens with one attached hydrogen (secondary N) is 1. The summed E-state index contributed by atoms with van der Waals surface area (Å²) >= 11 is 0. The van der Waals surface area contributed by atoms with Gasteiger partial charge in [-0.1, -0.05) is 39.0 Å². The van der Waals surface area contributed by atoms with Crippen LogP contribution in [0.25, 0.3) is 11.3 Å². The van der Waals surface area contributed by atoms with Crippen molar-refractivity contribution in [3.05, 3.63) is 41.3 Å². The average molecular weight is 228 g/mol. The first-order valence-corrected chi connectivity index (χ1v) is 6.01. The normalized spacial score (nSPS) is 11.8. The minimum Gasteiger partial charge on any atom is -0.342 e. The maximum Gasteiger partial charge on any atom is 0.103 e. The van der Waals surface area contributed by atoms with E-state index in [1.807, 2.05) is 13.1 Å². The second kappa shape index (κ2) is 4.02. The summed E-state index contributed by atoms with van der Waals surface area (Å²) in [7, 11) is 0. The number of H-pyrrole nitrogens is 1. The number of aromatic nitrogens is 2. The smallest absolute Gasteiger partial charge is 0.103 e. The zero-order chi connectivity index (χ0) is 12.6. The van der Waals surface area contributed by atoms with Gasteiger partial charge >= 0.3 is 0 Å². The fraction of sp³-hybridized carbons (Fsp3) is 0.400. The summed E-state index contributed by atoms with van der Waals surface area (Å²) in [5.41, 5.74) is 5.20. The lowest BCUT2D eigenvalue weighted by molar-refractivity contribution is 0.590. The highest BCUT2D eigenvalue weighted by molar-refractivity contribution is 5.63. The lowest BCUT2D eigenvalue weighted by Gasteiger charge is -2.20. The van der Waals surface area contributed by atoms with E-state index in [-0.39, 0.29) is 5.41 Å². The van der Waals surface area contributed by atoms with Crippen LogP contribution in [0.1, 0.15) is 37.7 Å². The van der Waals surface area contributed by atoms with E-state index in [0.717, 1.165) is 11.5 Å². The van der Waals surface area contributed by atoms with Crippen LogP contribution >= 0.6 is 0 Å². The standard InChI is InChI=1S/C15H20N2/c1-10-8-12(15(3,4)5)6-7-13(10)14-9-16-11(2)17-14/h6-9H,1-5H3,(H,16,17). The molecule has 0 atom stereocenters. The van der Waals surface area contributed by atoms with Gasteiger partial charge in [0.05, 0.1) is 11.9 Å². The molecule has 1 aromatic carbocycles. The van der Waals surface area contributed by atoms with Gasteiger partial charge in [-0.3, -0.25) is 0 Å². The van der Waals surface area contributed by atoms with Gasteiger partial charge in [0.1, 0.15) is 5.82 Å². The van der Waals surface area contributed by atoms with Crippen molar-refractivity contribution in [1.29, 1.82) is 0 Å². The molecule has 1 aromatic heterocycles. The molecule has 0 spiro atoms. The van der Waals surface area contributed by atoms with Crippen molar-refractivity contribution < 1.29 is 0 Å². The Bertz CT molecular complexity index is 530. The molecule has 0 saturated heterocycles. The SMILES string of the molecule is Cc1ncc(-c2ccc(C(C)(C)C)cc2C)[nH]1. The van der Waals surface area contributed by atoms with Crippen LogP contribution < -0.4 is 0 Å². The number of hydrogen-bond acceptors (Lipinski definition) is 1. The maximum atomic E-state index is 4.25. The lowest BCUT2D eigenvalue weighted by atomic mass is 9.85. The van der Waals surface area contributed by atoms with Crippen molar-refractivity contribution in [2.75, 3.05) is 0 Å². The number of hydrogen-bond donors (Lipinski definition) is 1. The molecule has 2 heteroatoms. The summed E-state index contributed by atoms with van der Waals surface area (Å²) < 4.78 is 0. The van der Waals surface area contributed by atoms with Gasteiger partial charge in [-0.05, 0) is 30.4 Å². The van der Waals surface area contributed by atoms with Crippen LogP contribution in [0.4, 0.5) is 0 Å². The van der Waals surface area contributed by atoms with Crippen molar-refractivity contribution in [1.82, 2.24) is 9.97 Å². The number of aromatic amines is 1. The molecule has 0 saturated carbocycles. The molecule has 0 amide bonds. The summed E-state index contributed by atoms with van der Waals surface area (Å²) in [6.45, 7) is 10.8. The molecule has 0 aliphatic carbocycles. The van der Waals surface area contributed by atoms with Gasteiger partial charge in [0.2, 0.25) is 0 Å². The van der Waals surface area contributed by atoms with Crippen molar-refractivity contribution in [3.8, 4) is 11.3 Å². The second-order valence-corrected chi connectivity index (χ2v) is 5.66. The van der Waals surface area contributed by atoms with Crippen molar-refractivity contribution in [2.24, 2.45) is 0 Å². The second-order valence-electron chi connectivity index (χ2n) is 5.66. The third kappa shape index (κ3) is 2.41. The minimum atomic E-state index is 0.202. The first kappa shape index (κ1) is 11.9. The predicted molar refractivity (Wildman–Crippen MR) is 72.2 cm³/mol. The number of nitrogens with zero attached hydrogens (tertiary/aromatic N) is 1. The van der Waals surface area contributed by atoms with Crippen LogP contribution in [-0.2, 0) is 5.41 Å². The molecule has 0 fully saturated rings. The molecule has 17 heavy (non-hydrogen) atoms. The Morgan fingerprint density at radius 1 is 1.12 bits per heavy atom. The highest BCUT2D eigenvalue weighted by atomic mass is 14.9. The first-order chi connectivity index (χ1) is 7.88. The monoisotopic (exact) mass is 228 g/mol. The Morgan fingerprint density at radius 3 is 2.29 bits per heavy atom. The van der Waals surface area contributed by atoms with E-state index >= 15 is 0 Å². The molecule has 0 bridgehead atoms. The summed E-state index contributed by atoms with van der Waals surface area (Å²) in [5.74, 6) is 0.958. The number of rotatable bonds is 1. The minimum absolute atomic E-state index is 0.202. The zero-order valence-corrected chi connectivity index (χ0v) is 11.3. The van der Waals surface area contributed by atoms with Crippen LogP contribution in [0.2, 0.25) is 0 Å². The molecular formula is C15H20N2. The Labute approximate surface area is 103 Å². The first-order valence-electron chi connectivity index (χ1n) is 6.01. The predicted octanol–water partition coefficient (Wildman–Crippen LogP) is 3.99.